The summed E-state index contributed by atoms with van der Waals surface area (Å²) in [5.41, 5.74) is 6.46. The summed E-state index contributed by atoms with van der Waals surface area (Å²) in [5.74, 6) is 0. The second-order valence-corrected chi connectivity index (χ2v) is 8.20. The van der Waals surface area contributed by atoms with Crippen LogP contribution in [0.2, 0.25) is 0 Å². The molecule has 0 aliphatic carbocycles. The van der Waals surface area contributed by atoms with E-state index < -0.39 is 0 Å². The van der Waals surface area contributed by atoms with Gasteiger partial charge < -0.3 is 0 Å². The standard InChI is InChI=1S/C31H22/c1-21-25-14-7-9-17-28(25)31(29-18-10-8-15-26(21)29)30-20-24(22-11-3-2-4-12-22)19-23-13-5-6-16-27(23)30/h2-20H,1H3. The Morgan fingerprint density at radius 1 is 0.419 bits per heavy atom. The summed E-state index contributed by atoms with van der Waals surface area (Å²) in [6.45, 7) is 2.24. The Balaban J connectivity index is 1.82. The zero-order valence-electron chi connectivity index (χ0n) is 17.5. The van der Waals surface area contributed by atoms with Gasteiger partial charge in [-0.3, -0.25) is 0 Å². The van der Waals surface area contributed by atoms with Crippen LogP contribution < -0.4 is 0 Å². The molecule has 0 fully saturated rings. The number of fused-ring (bicyclic) bond motifs is 3. The van der Waals surface area contributed by atoms with Crippen LogP contribution in [0.1, 0.15) is 5.56 Å². The summed E-state index contributed by atoms with van der Waals surface area (Å²) in [6, 6.07) is 41.8. The van der Waals surface area contributed by atoms with E-state index in [4.69, 9.17) is 0 Å². The van der Waals surface area contributed by atoms with Gasteiger partial charge in [0.1, 0.15) is 0 Å². The van der Waals surface area contributed by atoms with E-state index in [-0.39, 0.29) is 0 Å². The summed E-state index contributed by atoms with van der Waals surface area (Å²) in [6.07, 6.45) is 0. The highest BCUT2D eigenvalue weighted by Gasteiger charge is 2.16. The minimum atomic E-state index is 1.25. The Labute approximate surface area is 182 Å². The smallest absolute Gasteiger partial charge is 0.00202 e. The Kier molecular flexibility index (Phi) is 4.11. The summed E-state index contributed by atoms with van der Waals surface area (Å²) in [4.78, 5) is 0. The van der Waals surface area contributed by atoms with E-state index in [1.54, 1.807) is 0 Å². The molecule has 0 atom stereocenters. The molecule has 0 aliphatic rings. The summed E-state index contributed by atoms with van der Waals surface area (Å²) >= 11 is 0. The topological polar surface area (TPSA) is 0 Å². The molecule has 0 aliphatic heterocycles. The lowest BCUT2D eigenvalue weighted by atomic mass is 9.85. The minimum Gasteiger partial charge on any atom is -0.0622 e. The van der Waals surface area contributed by atoms with Crippen LogP contribution in [-0.2, 0) is 0 Å². The molecule has 0 heteroatoms. The first kappa shape index (κ1) is 17.9. The van der Waals surface area contributed by atoms with Gasteiger partial charge in [0.2, 0.25) is 0 Å². The number of benzene rings is 6. The fourth-order valence-corrected chi connectivity index (χ4v) is 4.95. The van der Waals surface area contributed by atoms with Crippen molar-refractivity contribution >= 4 is 32.3 Å². The third-order valence-corrected chi connectivity index (χ3v) is 6.44. The second kappa shape index (κ2) is 7.11. The van der Waals surface area contributed by atoms with Crippen LogP contribution in [0.4, 0.5) is 0 Å². The molecule has 0 aromatic heterocycles. The first-order valence-electron chi connectivity index (χ1n) is 10.8. The summed E-state index contributed by atoms with van der Waals surface area (Å²) in [5, 5.41) is 7.84. The Bertz CT molecular complexity index is 1520. The lowest BCUT2D eigenvalue weighted by Crippen LogP contribution is -1.91. The highest BCUT2D eigenvalue weighted by Crippen LogP contribution is 2.43. The van der Waals surface area contributed by atoms with E-state index in [0.717, 1.165) is 0 Å². The SMILES string of the molecule is Cc1c2ccccc2c(-c2cc(-c3ccccc3)cc3ccccc23)c2ccccc12. The van der Waals surface area contributed by atoms with Crippen LogP contribution in [-0.4, -0.2) is 0 Å². The van der Waals surface area contributed by atoms with E-state index >= 15 is 0 Å². The molecule has 0 amide bonds. The third kappa shape index (κ3) is 2.84. The average Bonchev–Trinajstić information content (AvgIpc) is 2.84. The predicted molar refractivity (Wildman–Crippen MR) is 135 cm³/mol. The second-order valence-electron chi connectivity index (χ2n) is 8.20. The molecule has 0 heterocycles. The van der Waals surface area contributed by atoms with Crippen molar-refractivity contribution in [2.75, 3.05) is 0 Å². The van der Waals surface area contributed by atoms with Crippen LogP contribution >= 0.6 is 0 Å². The monoisotopic (exact) mass is 394 g/mol. The molecule has 6 rings (SSSR count). The van der Waals surface area contributed by atoms with Crippen molar-refractivity contribution in [3.8, 4) is 22.3 Å². The fourth-order valence-electron chi connectivity index (χ4n) is 4.95. The maximum atomic E-state index is 2.38. The van der Waals surface area contributed by atoms with Crippen LogP contribution in [0, 0.1) is 6.92 Å². The molecule has 146 valence electrons. The largest absolute Gasteiger partial charge is 0.0622 e. The van der Waals surface area contributed by atoms with Gasteiger partial charge in [-0.1, -0.05) is 103 Å². The van der Waals surface area contributed by atoms with Gasteiger partial charge in [0, 0.05) is 0 Å². The van der Waals surface area contributed by atoms with Gasteiger partial charge in [-0.05, 0) is 79.2 Å². The maximum Gasteiger partial charge on any atom is -0.00202 e. The van der Waals surface area contributed by atoms with Gasteiger partial charge in [0.25, 0.3) is 0 Å². The van der Waals surface area contributed by atoms with Crippen molar-refractivity contribution < 1.29 is 0 Å². The van der Waals surface area contributed by atoms with Crippen molar-refractivity contribution in [1.29, 1.82) is 0 Å². The molecule has 0 saturated heterocycles. The van der Waals surface area contributed by atoms with Gasteiger partial charge in [-0.25, -0.2) is 0 Å². The quantitative estimate of drug-likeness (QED) is 0.257. The normalized spacial score (nSPS) is 11.4. The van der Waals surface area contributed by atoms with Gasteiger partial charge in [-0.15, -0.1) is 0 Å². The molecule has 0 radical (unpaired) electrons. The van der Waals surface area contributed by atoms with Crippen molar-refractivity contribution in [3.05, 3.63) is 121 Å². The lowest BCUT2D eigenvalue weighted by molar-refractivity contribution is 1.58. The third-order valence-electron chi connectivity index (χ3n) is 6.44. The molecule has 0 saturated carbocycles. The van der Waals surface area contributed by atoms with Gasteiger partial charge in [-0.2, -0.15) is 0 Å². The maximum absolute atomic E-state index is 2.38. The van der Waals surface area contributed by atoms with Gasteiger partial charge >= 0.3 is 0 Å². The fraction of sp³-hybridized carbons (Fsp3) is 0.0323. The zero-order chi connectivity index (χ0) is 20.8. The Morgan fingerprint density at radius 3 is 1.58 bits per heavy atom. The van der Waals surface area contributed by atoms with E-state index in [1.165, 1.54) is 60.1 Å². The number of aryl methyl sites for hydroxylation is 1. The van der Waals surface area contributed by atoms with E-state index in [1.807, 2.05) is 0 Å². The molecule has 0 nitrogen and oxygen atoms in total. The molecule has 0 N–H and O–H groups in total. The van der Waals surface area contributed by atoms with E-state index in [2.05, 4.69) is 122 Å². The summed E-state index contributed by atoms with van der Waals surface area (Å²) in [7, 11) is 0. The lowest BCUT2D eigenvalue weighted by Gasteiger charge is -2.18. The van der Waals surface area contributed by atoms with E-state index in [9.17, 15) is 0 Å². The first-order chi connectivity index (χ1) is 15.3. The molecule has 6 aromatic carbocycles. The molecule has 0 bridgehead atoms. The van der Waals surface area contributed by atoms with Crippen molar-refractivity contribution in [2.24, 2.45) is 0 Å². The molecule has 0 spiro atoms. The molecular formula is C31H22. The summed E-state index contributed by atoms with van der Waals surface area (Å²) < 4.78 is 0. The Hall–Kier alpha value is -3.90. The number of hydrogen-bond acceptors (Lipinski definition) is 0. The van der Waals surface area contributed by atoms with Crippen molar-refractivity contribution in [1.82, 2.24) is 0 Å². The van der Waals surface area contributed by atoms with E-state index in [0.29, 0.717) is 0 Å². The Morgan fingerprint density at radius 2 is 0.935 bits per heavy atom. The van der Waals surface area contributed by atoms with Gasteiger partial charge in [0.15, 0.2) is 0 Å². The number of rotatable bonds is 2. The van der Waals surface area contributed by atoms with Crippen molar-refractivity contribution in [3.63, 3.8) is 0 Å². The minimum absolute atomic E-state index is 1.25. The van der Waals surface area contributed by atoms with Crippen molar-refractivity contribution in [2.45, 2.75) is 6.92 Å². The van der Waals surface area contributed by atoms with Crippen LogP contribution in [0.15, 0.2) is 115 Å². The van der Waals surface area contributed by atoms with Crippen LogP contribution in [0.25, 0.3) is 54.6 Å². The number of hydrogen-bond donors (Lipinski definition) is 0. The highest BCUT2D eigenvalue weighted by molar-refractivity contribution is 6.18. The molecule has 6 aromatic rings. The van der Waals surface area contributed by atoms with Crippen LogP contribution in [0.5, 0.6) is 0 Å². The molecule has 31 heavy (non-hydrogen) atoms. The van der Waals surface area contributed by atoms with Crippen LogP contribution in [0.3, 0.4) is 0 Å². The highest BCUT2D eigenvalue weighted by atomic mass is 14.2. The zero-order valence-corrected chi connectivity index (χ0v) is 17.5. The molecular weight excluding hydrogens is 372 g/mol. The first-order valence-corrected chi connectivity index (χ1v) is 10.8. The molecule has 0 unspecified atom stereocenters. The predicted octanol–water partition coefficient (Wildman–Crippen LogP) is 8.79. The van der Waals surface area contributed by atoms with Gasteiger partial charge in [0.05, 0.1) is 0 Å². The average molecular weight is 395 g/mol.